The third kappa shape index (κ3) is 4.11. The number of rotatable bonds is 1. The topological polar surface area (TPSA) is 63.1 Å². The van der Waals surface area contributed by atoms with Crippen LogP contribution in [0.2, 0.25) is 0 Å². The molecule has 1 N–H and O–H groups in total. The molecule has 0 bridgehead atoms. The summed E-state index contributed by atoms with van der Waals surface area (Å²) in [6, 6.07) is 13.8. The second kappa shape index (κ2) is 8.93. The van der Waals surface area contributed by atoms with E-state index >= 15 is 0 Å². The molecule has 2 aromatic carbocycles. The molecule has 0 saturated heterocycles. The van der Waals surface area contributed by atoms with E-state index in [0.717, 1.165) is 16.6 Å². The fourth-order valence-electron chi connectivity index (χ4n) is 4.37. The van der Waals surface area contributed by atoms with Crippen molar-refractivity contribution in [3.63, 3.8) is 0 Å². The van der Waals surface area contributed by atoms with Gasteiger partial charge in [-0.05, 0) is 42.8 Å². The SMILES string of the molecule is Cc1ccc2cnc3c(c2c1)C(C)(C)c1cncc2cc[c-]c-3c12.[2H]/C(C(C)=O)=C(\C)O.[Ir]. The molecular formula is C27H25IrN2O2-. The number of pyridine rings is 2. The maximum absolute atomic E-state index is 10.2. The summed E-state index contributed by atoms with van der Waals surface area (Å²) in [6.45, 7) is 9.25. The molecule has 2 aromatic heterocycles. The zero-order valence-electron chi connectivity index (χ0n) is 19.7. The average molecular weight is 603 g/mol. The Morgan fingerprint density at radius 3 is 2.56 bits per heavy atom. The van der Waals surface area contributed by atoms with Crippen molar-refractivity contribution >= 4 is 27.3 Å². The summed E-state index contributed by atoms with van der Waals surface area (Å²) in [6.07, 6.45) is 5.93. The van der Waals surface area contributed by atoms with Gasteiger partial charge in [0.25, 0.3) is 0 Å². The van der Waals surface area contributed by atoms with Crippen LogP contribution in [0, 0.1) is 13.0 Å². The van der Waals surface area contributed by atoms with Crippen molar-refractivity contribution in [2.45, 2.75) is 40.0 Å². The van der Waals surface area contributed by atoms with Gasteiger partial charge in [-0.15, -0.1) is 23.8 Å². The standard InChI is InChI=1S/C22H17N2.C5H8O2.Ir/c1-13-7-8-14-11-24-21-16-6-4-5-15-10-23-12-18(19(15)16)22(2,3)20(21)17(14)9-13;1-4(6)3-5(2)7;/h4-5,7-12H,1-3H3;3,6H,1-2H3;/q-1;;/b;4-3-;/i;3D;. The van der Waals surface area contributed by atoms with Crippen LogP contribution in [0.5, 0.6) is 0 Å². The molecule has 1 radical (unpaired) electrons. The Kier molecular flexibility index (Phi) is 6.23. The van der Waals surface area contributed by atoms with Gasteiger partial charge >= 0.3 is 0 Å². The van der Waals surface area contributed by atoms with Crippen LogP contribution in [0.1, 0.15) is 45.8 Å². The summed E-state index contributed by atoms with van der Waals surface area (Å²) in [5, 5.41) is 13.3. The van der Waals surface area contributed by atoms with Gasteiger partial charge in [-0.3, -0.25) is 9.78 Å². The number of aliphatic hydroxyl groups is 1. The minimum Gasteiger partial charge on any atom is -0.512 e. The van der Waals surface area contributed by atoms with Crippen LogP contribution in [-0.2, 0) is 30.3 Å². The molecular weight excluding hydrogens is 577 g/mol. The number of carbonyl (C=O) groups is 1. The molecule has 32 heavy (non-hydrogen) atoms. The Morgan fingerprint density at radius 1 is 1.16 bits per heavy atom. The minimum atomic E-state index is -0.412. The van der Waals surface area contributed by atoms with Gasteiger partial charge in [-0.2, -0.15) is 0 Å². The van der Waals surface area contributed by atoms with Gasteiger partial charge in [0, 0.05) is 50.2 Å². The van der Waals surface area contributed by atoms with E-state index in [-0.39, 0.29) is 37.3 Å². The second-order valence-electron chi connectivity index (χ2n) is 8.47. The normalized spacial score (nSPS) is 14.3. The van der Waals surface area contributed by atoms with Gasteiger partial charge < -0.3 is 10.1 Å². The molecule has 165 valence electrons. The Morgan fingerprint density at radius 2 is 1.91 bits per heavy atom. The average Bonchev–Trinajstić information content (AvgIpc) is 2.76. The third-order valence-corrected chi connectivity index (χ3v) is 5.66. The molecule has 1 aliphatic rings. The van der Waals surface area contributed by atoms with Crippen LogP contribution >= 0.6 is 0 Å². The van der Waals surface area contributed by atoms with Crippen molar-refractivity contribution in [2.75, 3.05) is 0 Å². The van der Waals surface area contributed by atoms with E-state index in [2.05, 4.69) is 56.1 Å². The zero-order valence-corrected chi connectivity index (χ0v) is 21.1. The fourth-order valence-corrected chi connectivity index (χ4v) is 4.37. The molecule has 0 amide bonds. The summed E-state index contributed by atoms with van der Waals surface area (Å²) in [5.74, 6) is -0.637. The zero-order chi connectivity index (χ0) is 23.2. The summed E-state index contributed by atoms with van der Waals surface area (Å²) >= 11 is 0. The van der Waals surface area contributed by atoms with Crippen molar-refractivity contribution in [2.24, 2.45) is 0 Å². The number of aryl methyl sites for hydroxylation is 1. The van der Waals surface area contributed by atoms with E-state index in [9.17, 15) is 4.79 Å². The van der Waals surface area contributed by atoms with Crippen LogP contribution in [0.25, 0.3) is 32.8 Å². The largest absolute Gasteiger partial charge is 0.512 e. The van der Waals surface area contributed by atoms with E-state index in [4.69, 9.17) is 11.5 Å². The number of carbonyl (C=O) groups excluding carboxylic acids is 1. The van der Waals surface area contributed by atoms with Crippen molar-refractivity contribution in [1.82, 2.24) is 9.97 Å². The number of hydrogen-bond acceptors (Lipinski definition) is 4. The Balaban J connectivity index is 0.000000297. The number of ketones is 1. The van der Waals surface area contributed by atoms with Gasteiger partial charge in [0.2, 0.25) is 0 Å². The number of aliphatic hydroxyl groups excluding tert-OH is 1. The summed E-state index contributed by atoms with van der Waals surface area (Å²) < 4.78 is 6.76. The molecule has 5 heteroatoms. The van der Waals surface area contributed by atoms with Crippen LogP contribution < -0.4 is 0 Å². The maximum Gasteiger partial charge on any atom is 0.155 e. The first-order valence-corrected chi connectivity index (χ1v) is 10.2. The van der Waals surface area contributed by atoms with Crippen LogP contribution in [0.15, 0.2) is 60.7 Å². The summed E-state index contributed by atoms with van der Waals surface area (Å²) in [5.41, 5.74) is 5.82. The van der Waals surface area contributed by atoms with Crippen molar-refractivity contribution < 1.29 is 31.4 Å². The van der Waals surface area contributed by atoms with Crippen molar-refractivity contribution in [1.29, 1.82) is 0 Å². The monoisotopic (exact) mass is 603 g/mol. The van der Waals surface area contributed by atoms with E-state index in [1.54, 1.807) is 0 Å². The number of benzene rings is 2. The van der Waals surface area contributed by atoms with Gasteiger partial charge in [-0.25, -0.2) is 0 Å². The molecule has 5 rings (SSSR count). The quantitative estimate of drug-likeness (QED) is 0.159. The minimum absolute atomic E-state index is 0. The van der Waals surface area contributed by atoms with E-state index in [0.29, 0.717) is 0 Å². The van der Waals surface area contributed by atoms with Gasteiger partial charge in [0.15, 0.2) is 5.78 Å². The second-order valence-corrected chi connectivity index (χ2v) is 8.47. The fraction of sp³-hybridized carbons (Fsp3) is 0.222. The molecule has 0 aliphatic heterocycles. The molecule has 0 fully saturated rings. The summed E-state index contributed by atoms with van der Waals surface area (Å²) in [7, 11) is 0. The van der Waals surface area contributed by atoms with Crippen LogP contribution in [0.4, 0.5) is 0 Å². The predicted octanol–water partition coefficient (Wildman–Crippen LogP) is 6.23. The molecule has 2 heterocycles. The first kappa shape index (κ1) is 22.3. The van der Waals surface area contributed by atoms with Gasteiger partial charge in [0.05, 0.1) is 7.13 Å². The Bertz CT molecular complexity index is 1420. The van der Waals surface area contributed by atoms with Gasteiger partial charge in [0.1, 0.15) is 0 Å². The number of hydrogen-bond donors (Lipinski definition) is 1. The Labute approximate surface area is 203 Å². The Hall–Kier alpha value is -2.88. The molecule has 4 nitrogen and oxygen atoms in total. The third-order valence-electron chi connectivity index (χ3n) is 5.66. The first-order valence-electron chi connectivity index (χ1n) is 10.7. The smallest absolute Gasteiger partial charge is 0.155 e. The number of nitrogens with zero attached hydrogens (tertiary/aromatic N) is 2. The van der Waals surface area contributed by atoms with Crippen molar-refractivity contribution in [3.05, 3.63) is 83.5 Å². The predicted molar refractivity (Wildman–Crippen MR) is 125 cm³/mol. The first-order chi connectivity index (χ1) is 15.1. The molecule has 0 spiro atoms. The summed E-state index contributed by atoms with van der Waals surface area (Å²) in [4.78, 5) is 19.5. The molecule has 0 atom stereocenters. The maximum atomic E-state index is 10.2. The van der Waals surface area contributed by atoms with Crippen LogP contribution in [0.3, 0.4) is 0 Å². The molecule has 4 aromatic rings. The van der Waals surface area contributed by atoms with E-state index in [1.165, 1.54) is 46.7 Å². The van der Waals surface area contributed by atoms with E-state index < -0.39 is 5.78 Å². The number of allylic oxidation sites excluding steroid dienone is 2. The number of aromatic nitrogens is 2. The number of fused-ring (bicyclic) bond motifs is 4. The molecule has 0 unspecified atom stereocenters. The van der Waals surface area contributed by atoms with Crippen molar-refractivity contribution in [3.8, 4) is 11.3 Å². The van der Waals surface area contributed by atoms with E-state index in [1.807, 2.05) is 24.7 Å². The molecule has 1 aliphatic carbocycles. The molecule has 0 saturated carbocycles. The van der Waals surface area contributed by atoms with Gasteiger partial charge in [-0.1, -0.05) is 53.9 Å². The van der Waals surface area contributed by atoms with Crippen LogP contribution in [-0.4, -0.2) is 20.9 Å².